The van der Waals surface area contributed by atoms with Crippen LogP contribution in [0, 0.1) is 0 Å². The van der Waals surface area contributed by atoms with Crippen molar-refractivity contribution in [2.45, 2.75) is 11.3 Å². The van der Waals surface area contributed by atoms with Crippen LogP contribution in [0.1, 0.15) is 10.4 Å². The van der Waals surface area contributed by atoms with E-state index in [-0.39, 0.29) is 22.8 Å². The topological polar surface area (TPSA) is 109 Å². The molecule has 0 heterocycles. The summed E-state index contributed by atoms with van der Waals surface area (Å²) in [6.45, 7) is 0. The van der Waals surface area contributed by atoms with Crippen molar-refractivity contribution in [2.24, 2.45) is 0 Å². The smallest absolute Gasteiger partial charge is 0.493 e. The molecular formula is C18H18F3NO8S. The fourth-order valence-electron chi connectivity index (χ4n) is 2.60. The van der Waals surface area contributed by atoms with E-state index < -0.39 is 38.7 Å². The molecule has 0 saturated carbocycles. The summed E-state index contributed by atoms with van der Waals surface area (Å²) in [6.07, 6.45) is -5.14. The third-order valence-electron chi connectivity index (χ3n) is 3.84. The zero-order chi connectivity index (χ0) is 23.4. The molecule has 0 bridgehead atoms. The van der Waals surface area contributed by atoms with Crippen LogP contribution in [-0.4, -0.2) is 49.2 Å². The van der Waals surface area contributed by atoms with Crippen molar-refractivity contribution >= 4 is 21.7 Å². The number of hydrogen-bond acceptors (Lipinski definition) is 8. The Balaban J connectivity index is 2.71. The second kappa shape index (κ2) is 9.20. The minimum Gasteiger partial charge on any atom is -0.493 e. The van der Waals surface area contributed by atoms with Gasteiger partial charge in [0.25, 0.3) is 10.0 Å². The highest BCUT2D eigenvalue weighted by atomic mass is 32.2. The maximum atomic E-state index is 13.0. The Morgan fingerprint density at radius 3 is 2.06 bits per heavy atom. The number of para-hydroxylation sites is 1. The van der Waals surface area contributed by atoms with Gasteiger partial charge in [0.15, 0.2) is 11.5 Å². The first-order valence-electron chi connectivity index (χ1n) is 8.28. The Hall–Kier alpha value is -3.35. The lowest BCUT2D eigenvalue weighted by Gasteiger charge is -2.20. The number of sulfonamides is 1. The maximum Gasteiger partial charge on any atom is 0.573 e. The predicted molar refractivity (Wildman–Crippen MR) is 101 cm³/mol. The Bertz CT molecular complexity index is 1070. The molecule has 0 aliphatic heterocycles. The van der Waals surface area contributed by atoms with E-state index in [0.717, 1.165) is 38.5 Å². The van der Waals surface area contributed by atoms with E-state index >= 15 is 0 Å². The molecule has 0 aromatic heterocycles. The van der Waals surface area contributed by atoms with Crippen molar-refractivity contribution < 1.29 is 50.1 Å². The molecule has 0 unspecified atom stereocenters. The van der Waals surface area contributed by atoms with E-state index in [1.807, 2.05) is 0 Å². The number of alkyl halides is 3. The van der Waals surface area contributed by atoms with E-state index in [1.54, 1.807) is 0 Å². The molecule has 0 radical (unpaired) electrons. The number of halogens is 3. The molecular weight excluding hydrogens is 447 g/mol. The summed E-state index contributed by atoms with van der Waals surface area (Å²) < 4.78 is 90.0. The zero-order valence-corrected chi connectivity index (χ0v) is 17.5. The molecule has 2 aromatic carbocycles. The van der Waals surface area contributed by atoms with Gasteiger partial charge in [-0.3, -0.25) is 4.72 Å². The van der Waals surface area contributed by atoms with Gasteiger partial charge in [0.05, 0.1) is 34.0 Å². The molecule has 0 amide bonds. The molecule has 2 rings (SSSR count). The van der Waals surface area contributed by atoms with Gasteiger partial charge >= 0.3 is 12.3 Å². The van der Waals surface area contributed by atoms with Crippen LogP contribution < -0.4 is 23.7 Å². The van der Waals surface area contributed by atoms with Crippen LogP contribution in [0.4, 0.5) is 18.9 Å². The molecule has 170 valence electrons. The standard InChI is InChI=1S/C18H18F3NO8S/c1-26-12-9-10(17(23)29-4)14(16(28-3)15(12)27-2)22-31(24,25)13-8-6-5-7-11(13)30-18(19,20)21/h5-9,22H,1-4H3. The lowest BCUT2D eigenvalue weighted by Crippen LogP contribution is -2.22. The summed E-state index contributed by atoms with van der Waals surface area (Å²) in [5.74, 6) is -2.27. The molecule has 2 aromatic rings. The SMILES string of the molecule is COC(=O)c1cc(OC)c(OC)c(OC)c1NS(=O)(=O)c1ccccc1OC(F)(F)F. The van der Waals surface area contributed by atoms with Crippen LogP contribution in [0.2, 0.25) is 0 Å². The molecule has 1 N–H and O–H groups in total. The Morgan fingerprint density at radius 1 is 0.935 bits per heavy atom. The van der Waals surface area contributed by atoms with E-state index in [9.17, 15) is 26.4 Å². The highest BCUT2D eigenvalue weighted by molar-refractivity contribution is 7.92. The van der Waals surface area contributed by atoms with Gasteiger partial charge < -0.3 is 23.7 Å². The van der Waals surface area contributed by atoms with Crippen LogP contribution in [0.5, 0.6) is 23.0 Å². The third kappa shape index (κ3) is 5.23. The summed E-state index contributed by atoms with van der Waals surface area (Å²) in [4.78, 5) is 11.4. The highest BCUT2D eigenvalue weighted by Crippen LogP contribution is 2.46. The Morgan fingerprint density at radius 2 is 1.55 bits per heavy atom. The lowest BCUT2D eigenvalue weighted by molar-refractivity contribution is -0.275. The maximum absolute atomic E-state index is 13.0. The number of nitrogens with one attached hydrogen (secondary N) is 1. The number of carbonyl (C=O) groups excluding carboxylic acids is 1. The summed E-state index contributed by atoms with van der Waals surface area (Å²) >= 11 is 0. The lowest BCUT2D eigenvalue weighted by atomic mass is 10.1. The van der Waals surface area contributed by atoms with Gasteiger partial charge in [-0.1, -0.05) is 12.1 Å². The van der Waals surface area contributed by atoms with Crippen LogP contribution >= 0.6 is 0 Å². The van der Waals surface area contributed by atoms with E-state index in [2.05, 4.69) is 14.2 Å². The largest absolute Gasteiger partial charge is 0.573 e. The average molecular weight is 465 g/mol. The quantitative estimate of drug-likeness (QED) is 0.592. The molecule has 0 aliphatic carbocycles. The summed E-state index contributed by atoms with van der Waals surface area (Å²) in [6, 6.07) is 5.22. The molecule has 9 nitrogen and oxygen atoms in total. The van der Waals surface area contributed by atoms with E-state index in [0.29, 0.717) is 0 Å². The minimum absolute atomic E-state index is 0.0171. The number of anilines is 1. The molecule has 0 aliphatic rings. The third-order valence-corrected chi connectivity index (χ3v) is 5.23. The number of carbonyl (C=O) groups is 1. The van der Waals surface area contributed by atoms with Crippen LogP contribution in [0.3, 0.4) is 0 Å². The molecule has 0 fully saturated rings. The van der Waals surface area contributed by atoms with Crippen molar-refractivity contribution in [3.8, 4) is 23.0 Å². The van der Waals surface area contributed by atoms with Crippen molar-refractivity contribution in [3.63, 3.8) is 0 Å². The highest BCUT2D eigenvalue weighted by Gasteiger charge is 2.35. The number of ether oxygens (including phenoxy) is 5. The van der Waals surface area contributed by atoms with Gasteiger partial charge in [-0.05, 0) is 12.1 Å². The van der Waals surface area contributed by atoms with Gasteiger partial charge in [-0.25, -0.2) is 13.2 Å². The Kier molecular flexibility index (Phi) is 7.10. The molecule has 0 atom stereocenters. The molecule has 0 spiro atoms. The minimum atomic E-state index is -5.14. The number of esters is 1. The summed E-state index contributed by atoms with van der Waals surface area (Å²) in [5, 5.41) is 0. The van der Waals surface area contributed by atoms with Crippen LogP contribution in [-0.2, 0) is 14.8 Å². The first kappa shape index (κ1) is 23.9. The number of hydrogen-bond donors (Lipinski definition) is 1. The predicted octanol–water partition coefficient (Wildman–Crippen LogP) is 3.20. The number of rotatable bonds is 8. The van der Waals surface area contributed by atoms with Crippen molar-refractivity contribution in [3.05, 3.63) is 35.9 Å². The second-order valence-corrected chi connectivity index (χ2v) is 7.31. The van der Waals surface area contributed by atoms with Crippen LogP contribution in [0.15, 0.2) is 35.2 Å². The van der Waals surface area contributed by atoms with Gasteiger partial charge in [-0.15, -0.1) is 13.2 Å². The first-order valence-corrected chi connectivity index (χ1v) is 9.76. The molecule has 13 heteroatoms. The normalized spacial score (nSPS) is 11.5. The number of benzene rings is 2. The van der Waals surface area contributed by atoms with Crippen molar-refractivity contribution in [2.75, 3.05) is 33.2 Å². The summed E-state index contributed by atoms with van der Waals surface area (Å²) in [5.41, 5.74) is -0.774. The summed E-state index contributed by atoms with van der Waals surface area (Å²) in [7, 11) is 0.00829. The van der Waals surface area contributed by atoms with Gasteiger partial charge in [0, 0.05) is 6.07 Å². The van der Waals surface area contributed by atoms with Crippen LogP contribution in [0.25, 0.3) is 0 Å². The molecule has 0 saturated heterocycles. The average Bonchev–Trinajstić information content (AvgIpc) is 2.71. The van der Waals surface area contributed by atoms with Gasteiger partial charge in [-0.2, -0.15) is 0 Å². The van der Waals surface area contributed by atoms with Crippen molar-refractivity contribution in [1.82, 2.24) is 0 Å². The fourth-order valence-corrected chi connectivity index (χ4v) is 3.81. The fraction of sp³-hybridized carbons (Fsp3) is 0.278. The molecule has 31 heavy (non-hydrogen) atoms. The van der Waals surface area contributed by atoms with Crippen molar-refractivity contribution in [1.29, 1.82) is 0 Å². The first-order chi connectivity index (χ1) is 14.5. The van der Waals surface area contributed by atoms with Gasteiger partial charge in [0.1, 0.15) is 16.3 Å². The Labute approximate surface area is 175 Å². The number of methoxy groups -OCH3 is 4. The second-order valence-electron chi connectivity index (χ2n) is 5.66. The monoisotopic (exact) mass is 465 g/mol. The van der Waals surface area contributed by atoms with E-state index in [4.69, 9.17) is 14.2 Å². The zero-order valence-electron chi connectivity index (χ0n) is 16.7. The van der Waals surface area contributed by atoms with E-state index in [1.165, 1.54) is 20.3 Å². The van der Waals surface area contributed by atoms with Gasteiger partial charge in [0.2, 0.25) is 5.75 Å².